The number of hydrogen-bond donors (Lipinski definition) is 2. The number of rotatable bonds is 9. The Kier molecular flexibility index (Phi) is 6.55. The molecular weight excluding hydrogens is 414 g/mol. The number of carboxylic acid groups (broad SMARTS) is 1. The molecule has 7 heteroatoms. The van der Waals surface area contributed by atoms with Crippen molar-refractivity contribution in [3.63, 3.8) is 0 Å². The number of hydrogen-bond acceptors (Lipinski definition) is 4. The van der Waals surface area contributed by atoms with Gasteiger partial charge in [0, 0.05) is 24.6 Å². The Morgan fingerprint density at radius 1 is 1.06 bits per heavy atom. The van der Waals surface area contributed by atoms with Crippen LogP contribution in [-0.4, -0.2) is 36.8 Å². The van der Waals surface area contributed by atoms with Gasteiger partial charge in [-0.3, -0.25) is 4.79 Å². The van der Waals surface area contributed by atoms with E-state index in [1.54, 1.807) is 42.6 Å². The van der Waals surface area contributed by atoms with Crippen molar-refractivity contribution in [3.8, 4) is 5.75 Å². The molecule has 0 bridgehead atoms. The highest BCUT2D eigenvalue weighted by molar-refractivity contribution is 7.91. The largest absolute Gasteiger partial charge is 0.491 e. The Bertz CT molecular complexity index is 1130. The number of sulfone groups is 1. The monoisotopic (exact) mass is 441 g/mol. The fraction of sp³-hybridized carbons (Fsp3) is 0.292. The SMILES string of the molecule is CC(C)Oc1ccc(CC(c2cccc(CC(=O)O)c2)(c2ccc[nH]2)S(C)(=O)=O)cc1. The van der Waals surface area contributed by atoms with E-state index in [0.717, 1.165) is 5.56 Å². The lowest BCUT2D eigenvalue weighted by atomic mass is 9.87. The lowest BCUT2D eigenvalue weighted by molar-refractivity contribution is -0.136. The molecule has 0 saturated carbocycles. The Hall–Kier alpha value is -3.06. The minimum Gasteiger partial charge on any atom is -0.491 e. The summed E-state index contributed by atoms with van der Waals surface area (Å²) in [7, 11) is -3.69. The van der Waals surface area contributed by atoms with Gasteiger partial charge >= 0.3 is 5.97 Å². The van der Waals surface area contributed by atoms with E-state index >= 15 is 0 Å². The summed E-state index contributed by atoms with van der Waals surface area (Å²) in [5, 5.41) is 9.19. The number of carboxylic acids is 1. The van der Waals surface area contributed by atoms with Crippen LogP contribution in [-0.2, 0) is 32.2 Å². The van der Waals surface area contributed by atoms with Crippen LogP contribution in [0.5, 0.6) is 5.75 Å². The number of carbonyl (C=O) groups is 1. The first-order chi connectivity index (χ1) is 14.6. The van der Waals surface area contributed by atoms with Gasteiger partial charge in [0.15, 0.2) is 9.84 Å². The first-order valence-electron chi connectivity index (χ1n) is 10.0. The van der Waals surface area contributed by atoms with Crippen LogP contribution in [0.15, 0.2) is 66.9 Å². The van der Waals surface area contributed by atoms with E-state index in [0.29, 0.717) is 22.6 Å². The second-order valence-electron chi connectivity index (χ2n) is 7.94. The van der Waals surface area contributed by atoms with Gasteiger partial charge < -0.3 is 14.8 Å². The Morgan fingerprint density at radius 2 is 1.77 bits per heavy atom. The van der Waals surface area contributed by atoms with E-state index in [2.05, 4.69) is 4.98 Å². The second kappa shape index (κ2) is 8.98. The second-order valence-corrected chi connectivity index (χ2v) is 10.2. The molecule has 1 unspecified atom stereocenters. The summed E-state index contributed by atoms with van der Waals surface area (Å²) in [5.41, 5.74) is 2.42. The number of ether oxygens (including phenoxy) is 1. The lowest BCUT2D eigenvalue weighted by Crippen LogP contribution is -2.39. The minimum atomic E-state index is -3.69. The summed E-state index contributed by atoms with van der Waals surface area (Å²) in [6, 6.07) is 17.7. The van der Waals surface area contributed by atoms with Gasteiger partial charge in [-0.25, -0.2) is 8.42 Å². The van der Waals surface area contributed by atoms with Crippen LogP contribution in [0.25, 0.3) is 0 Å². The number of aromatic nitrogens is 1. The van der Waals surface area contributed by atoms with Gasteiger partial charge in [-0.05, 0) is 54.8 Å². The van der Waals surface area contributed by atoms with Gasteiger partial charge in [-0.1, -0.05) is 36.4 Å². The predicted octanol–water partition coefficient (Wildman–Crippen LogP) is 3.96. The van der Waals surface area contributed by atoms with Crippen LogP contribution in [0.1, 0.15) is 36.2 Å². The molecule has 164 valence electrons. The molecule has 6 nitrogen and oxygen atoms in total. The van der Waals surface area contributed by atoms with E-state index in [1.165, 1.54) is 6.26 Å². The van der Waals surface area contributed by atoms with Crippen molar-refractivity contribution in [1.82, 2.24) is 4.98 Å². The van der Waals surface area contributed by atoms with Crippen molar-refractivity contribution in [2.45, 2.75) is 37.5 Å². The fourth-order valence-electron chi connectivity index (χ4n) is 3.83. The zero-order valence-electron chi connectivity index (χ0n) is 17.8. The van der Waals surface area contributed by atoms with Crippen molar-refractivity contribution in [2.24, 2.45) is 0 Å². The third-order valence-corrected chi connectivity index (χ3v) is 7.03. The number of aromatic amines is 1. The molecule has 0 spiro atoms. The van der Waals surface area contributed by atoms with Crippen molar-refractivity contribution >= 4 is 15.8 Å². The average Bonchev–Trinajstić information content (AvgIpc) is 3.20. The molecule has 1 atom stereocenters. The maximum atomic E-state index is 13.3. The third kappa shape index (κ3) is 4.99. The number of aliphatic carboxylic acids is 1. The number of nitrogens with one attached hydrogen (secondary N) is 1. The van der Waals surface area contributed by atoms with Crippen LogP contribution in [0.3, 0.4) is 0 Å². The highest BCUT2D eigenvalue weighted by Crippen LogP contribution is 2.40. The molecule has 0 aliphatic carbocycles. The van der Waals surface area contributed by atoms with Gasteiger partial charge in [-0.15, -0.1) is 0 Å². The molecule has 0 radical (unpaired) electrons. The zero-order chi connectivity index (χ0) is 22.6. The van der Waals surface area contributed by atoms with E-state index in [-0.39, 0.29) is 18.9 Å². The summed E-state index contributed by atoms with van der Waals surface area (Å²) >= 11 is 0. The quantitative estimate of drug-likeness (QED) is 0.524. The zero-order valence-corrected chi connectivity index (χ0v) is 18.6. The summed E-state index contributed by atoms with van der Waals surface area (Å²) in [5.74, 6) is -0.255. The molecule has 1 aromatic heterocycles. The van der Waals surface area contributed by atoms with Crippen molar-refractivity contribution in [1.29, 1.82) is 0 Å². The topological polar surface area (TPSA) is 96.5 Å². The number of H-pyrrole nitrogens is 1. The molecule has 3 aromatic rings. The Morgan fingerprint density at radius 3 is 2.32 bits per heavy atom. The van der Waals surface area contributed by atoms with Crippen molar-refractivity contribution in [2.75, 3.05) is 6.26 Å². The highest BCUT2D eigenvalue weighted by atomic mass is 32.2. The van der Waals surface area contributed by atoms with Gasteiger partial charge in [0.2, 0.25) is 0 Å². The molecule has 0 aliphatic heterocycles. The standard InChI is InChI=1S/C24H27NO5S/c1-17(2)30-21-11-9-18(10-12-21)16-24(31(3,28)29,22-8-5-13-25-22)20-7-4-6-19(14-20)15-23(26)27/h4-14,17,25H,15-16H2,1-3H3,(H,26,27). The minimum absolute atomic E-state index is 0.0388. The molecule has 0 saturated heterocycles. The van der Waals surface area contributed by atoms with Gasteiger partial charge in [-0.2, -0.15) is 0 Å². The van der Waals surface area contributed by atoms with Crippen molar-refractivity contribution in [3.05, 3.63) is 89.2 Å². The van der Waals surface area contributed by atoms with E-state index in [1.807, 2.05) is 38.1 Å². The van der Waals surface area contributed by atoms with Crippen LogP contribution in [0.2, 0.25) is 0 Å². The molecule has 3 rings (SSSR count). The molecular formula is C24H27NO5S. The maximum absolute atomic E-state index is 13.3. The normalized spacial score (nSPS) is 13.7. The summed E-state index contributed by atoms with van der Waals surface area (Å²) in [4.78, 5) is 14.3. The molecule has 0 aliphatic rings. The molecule has 0 fully saturated rings. The molecule has 0 amide bonds. The van der Waals surface area contributed by atoms with Gasteiger partial charge in [0.1, 0.15) is 10.5 Å². The first kappa shape index (κ1) is 22.6. The van der Waals surface area contributed by atoms with E-state index < -0.39 is 20.6 Å². The summed E-state index contributed by atoms with van der Waals surface area (Å²) in [6.07, 6.45) is 2.95. The van der Waals surface area contributed by atoms with E-state index in [9.17, 15) is 18.3 Å². The summed E-state index contributed by atoms with van der Waals surface area (Å²) in [6.45, 7) is 3.88. The number of benzene rings is 2. The van der Waals surface area contributed by atoms with Crippen LogP contribution >= 0.6 is 0 Å². The van der Waals surface area contributed by atoms with E-state index in [4.69, 9.17) is 4.74 Å². The molecule has 2 aromatic carbocycles. The highest BCUT2D eigenvalue weighted by Gasteiger charge is 2.45. The first-order valence-corrected chi connectivity index (χ1v) is 11.9. The van der Waals surface area contributed by atoms with Gasteiger partial charge in [0.05, 0.1) is 12.5 Å². The molecule has 1 heterocycles. The smallest absolute Gasteiger partial charge is 0.307 e. The fourth-order valence-corrected chi connectivity index (χ4v) is 5.34. The molecule has 31 heavy (non-hydrogen) atoms. The Labute approximate surface area is 182 Å². The average molecular weight is 442 g/mol. The van der Waals surface area contributed by atoms with Crippen LogP contribution in [0.4, 0.5) is 0 Å². The van der Waals surface area contributed by atoms with Crippen LogP contribution in [0, 0.1) is 0 Å². The third-order valence-electron chi connectivity index (χ3n) is 5.16. The maximum Gasteiger partial charge on any atom is 0.307 e. The lowest BCUT2D eigenvalue weighted by Gasteiger charge is -2.32. The molecule has 2 N–H and O–H groups in total. The van der Waals surface area contributed by atoms with Gasteiger partial charge in [0.25, 0.3) is 0 Å². The Balaban J connectivity index is 2.15. The predicted molar refractivity (Wildman–Crippen MR) is 120 cm³/mol. The van der Waals surface area contributed by atoms with Crippen molar-refractivity contribution < 1.29 is 23.1 Å². The van der Waals surface area contributed by atoms with Crippen LogP contribution < -0.4 is 4.74 Å². The summed E-state index contributed by atoms with van der Waals surface area (Å²) < 4.78 is 31.0.